The Bertz CT molecular complexity index is 686. The van der Waals surface area contributed by atoms with Gasteiger partial charge in [-0.05, 0) is 38.1 Å². The Balaban J connectivity index is 1.68. The second kappa shape index (κ2) is 6.54. The normalized spacial score (nSPS) is 18.1. The zero-order valence-corrected chi connectivity index (χ0v) is 14.3. The third kappa shape index (κ3) is 3.29. The highest BCUT2D eigenvalue weighted by molar-refractivity contribution is 7.15. The third-order valence-electron chi connectivity index (χ3n) is 4.04. The molecule has 0 N–H and O–H groups in total. The van der Waals surface area contributed by atoms with Crippen molar-refractivity contribution in [1.29, 1.82) is 0 Å². The summed E-state index contributed by atoms with van der Waals surface area (Å²) in [5.74, 6) is -0.304. The van der Waals surface area contributed by atoms with E-state index in [0.29, 0.717) is 11.6 Å². The molecule has 1 saturated heterocycles. The Morgan fingerprint density at radius 2 is 2.00 bits per heavy atom. The minimum absolute atomic E-state index is 0.304. The highest BCUT2D eigenvalue weighted by Gasteiger charge is 2.26. The minimum Gasteiger partial charge on any atom is -0.465 e. The molecule has 0 saturated carbocycles. The lowest BCUT2D eigenvalue weighted by molar-refractivity contribution is 0.0601. The van der Waals surface area contributed by atoms with E-state index in [1.54, 1.807) is 11.3 Å². The maximum absolute atomic E-state index is 11.5. The van der Waals surface area contributed by atoms with Crippen molar-refractivity contribution < 1.29 is 9.53 Å². The van der Waals surface area contributed by atoms with Gasteiger partial charge in [-0.1, -0.05) is 11.3 Å². The van der Waals surface area contributed by atoms with Crippen LogP contribution in [0.2, 0.25) is 0 Å². The Hall–Kier alpha value is -2.15. The van der Waals surface area contributed by atoms with Gasteiger partial charge in [0.2, 0.25) is 5.13 Å². The molecule has 1 aromatic carbocycles. The molecule has 1 unspecified atom stereocenters. The fourth-order valence-electron chi connectivity index (χ4n) is 2.80. The SMILES string of the molecule is COC(=O)c1ccc(N2CCN(c3nnc(C)s3)C(C)C2)cc1. The summed E-state index contributed by atoms with van der Waals surface area (Å²) in [5, 5.41) is 10.3. The summed E-state index contributed by atoms with van der Waals surface area (Å²) in [6.07, 6.45) is 0. The molecule has 3 rings (SSSR count). The van der Waals surface area contributed by atoms with E-state index in [2.05, 4.69) is 26.9 Å². The van der Waals surface area contributed by atoms with Crippen LogP contribution < -0.4 is 9.80 Å². The molecule has 7 heteroatoms. The van der Waals surface area contributed by atoms with Crippen molar-refractivity contribution >= 4 is 28.1 Å². The maximum Gasteiger partial charge on any atom is 0.337 e. The van der Waals surface area contributed by atoms with Gasteiger partial charge in [-0.3, -0.25) is 0 Å². The first-order valence-corrected chi connectivity index (χ1v) is 8.40. The number of piperazine rings is 1. The second-order valence-corrected chi connectivity index (χ2v) is 6.79. The lowest BCUT2D eigenvalue weighted by Crippen LogP contribution is -2.52. The van der Waals surface area contributed by atoms with E-state index in [1.807, 2.05) is 31.2 Å². The number of benzene rings is 1. The molecule has 23 heavy (non-hydrogen) atoms. The van der Waals surface area contributed by atoms with E-state index in [-0.39, 0.29) is 5.97 Å². The van der Waals surface area contributed by atoms with Crippen LogP contribution in [0, 0.1) is 6.92 Å². The topological polar surface area (TPSA) is 58.6 Å². The van der Waals surface area contributed by atoms with E-state index in [9.17, 15) is 4.79 Å². The average Bonchev–Trinajstić information content (AvgIpc) is 3.00. The summed E-state index contributed by atoms with van der Waals surface area (Å²) in [5.41, 5.74) is 1.70. The lowest BCUT2D eigenvalue weighted by atomic mass is 10.1. The van der Waals surface area contributed by atoms with Crippen LogP contribution >= 0.6 is 11.3 Å². The van der Waals surface area contributed by atoms with Crippen molar-refractivity contribution in [2.24, 2.45) is 0 Å². The molecule has 2 heterocycles. The predicted octanol–water partition coefficient (Wildman–Crippen LogP) is 2.35. The van der Waals surface area contributed by atoms with Gasteiger partial charge in [0.05, 0.1) is 12.7 Å². The predicted molar refractivity (Wildman–Crippen MR) is 91.4 cm³/mol. The Morgan fingerprint density at radius 1 is 1.26 bits per heavy atom. The lowest BCUT2D eigenvalue weighted by Gasteiger charge is -2.40. The first-order valence-electron chi connectivity index (χ1n) is 7.58. The van der Waals surface area contributed by atoms with Crippen molar-refractivity contribution in [3.05, 3.63) is 34.8 Å². The van der Waals surface area contributed by atoms with Crippen LogP contribution in [0.15, 0.2) is 24.3 Å². The smallest absolute Gasteiger partial charge is 0.337 e. The number of rotatable bonds is 3. The summed E-state index contributed by atoms with van der Waals surface area (Å²) >= 11 is 1.64. The van der Waals surface area contributed by atoms with E-state index < -0.39 is 0 Å². The largest absolute Gasteiger partial charge is 0.465 e. The average molecular weight is 332 g/mol. The molecule has 0 spiro atoms. The van der Waals surface area contributed by atoms with Crippen molar-refractivity contribution in [2.45, 2.75) is 19.9 Å². The fraction of sp³-hybridized carbons (Fsp3) is 0.438. The van der Waals surface area contributed by atoms with E-state index in [4.69, 9.17) is 4.74 Å². The number of carbonyl (C=O) groups excluding carboxylic acids is 1. The highest BCUT2D eigenvalue weighted by Crippen LogP contribution is 2.26. The number of aromatic nitrogens is 2. The Morgan fingerprint density at radius 3 is 2.57 bits per heavy atom. The van der Waals surface area contributed by atoms with Gasteiger partial charge in [0.15, 0.2) is 0 Å². The molecule has 1 aliphatic rings. The number of nitrogens with zero attached hydrogens (tertiary/aromatic N) is 4. The van der Waals surface area contributed by atoms with Crippen molar-refractivity contribution in [2.75, 3.05) is 36.5 Å². The number of hydrogen-bond acceptors (Lipinski definition) is 7. The summed E-state index contributed by atoms with van der Waals surface area (Å²) in [6, 6.07) is 7.93. The summed E-state index contributed by atoms with van der Waals surface area (Å²) in [4.78, 5) is 16.1. The molecule has 0 amide bonds. The van der Waals surface area contributed by atoms with Crippen LogP contribution in [0.4, 0.5) is 10.8 Å². The summed E-state index contributed by atoms with van der Waals surface area (Å²) in [6.45, 7) is 6.92. The van der Waals surface area contributed by atoms with Gasteiger partial charge in [-0.15, -0.1) is 10.2 Å². The maximum atomic E-state index is 11.5. The van der Waals surface area contributed by atoms with Crippen LogP contribution in [-0.2, 0) is 4.74 Å². The molecule has 1 aliphatic heterocycles. The number of ether oxygens (including phenoxy) is 1. The standard InChI is InChI=1S/C16H20N4O2S/c1-11-10-19(8-9-20(11)16-18-17-12(2)23-16)14-6-4-13(5-7-14)15(21)22-3/h4-7,11H,8-10H2,1-3H3. The molecule has 6 nitrogen and oxygen atoms in total. The van der Waals surface area contributed by atoms with Crippen LogP contribution in [0.25, 0.3) is 0 Å². The molecule has 0 bridgehead atoms. The van der Waals surface area contributed by atoms with Gasteiger partial charge in [0.25, 0.3) is 0 Å². The number of anilines is 2. The van der Waals surface area contributed by atoms with Crippen LogP contribution in [0.5, 0.6) is 0 Å². The molecule has 0 aliphatic carbocycles. The zero-order valence-electron chi connectivity index (χ0n) is 13.5. The van der Waals surface area contributed by atoms with E-state index >= 15 is 0 Å². The van der Waals surface area contributed by atoms with Crippen LogP contribution in [-0.4, -0.2) is 49.0 Å². The molecule has 0 radical (unpaired) electrons. The van der Waals surface area contributed by atoms with Gasteiger partial charge in [-0.25, -0.2) is 4.79 Å². The molecule has 1 aromatic heterocycles. The quantitative estimate of drug-likeness (QED) is 0.804. The van der Waals surface area contributed by atoms with Gasteiger partial charge < -0.3 is 14.5 Å². The van der Waals surface area contributed by atoms with Crippen molar-refractivity contribution in [3.63, 3.8) is 0 Å². The van der Waals surface area contributed by atoms with Gasteiger partial charge in [-0.2, -0.15) is 0 Å². The molecule has 1 fully saturated rings. The molecular weight excluding hydrogens is 312 g/mol. The van der Waals surface area contributed by atoms with Gasteiger partial charge in [0, 0.05) is 31.4 Å². The summed E-state index contributed by atoms with van der Waals surface area (Å²) in [7, 11) is 1.40. The first-order chi connectivity index (χ1) is 11.1. The van der Waals surface area contributed by atoms with Crippen LogP contribution in [0.3, 0.4) is 0 Å². The zero-order chi connectivity index (χ0) is 16.4. The van der Waals surface area contributed by atoms with Crippen LogP contribution in [0.1, 0.15) is 22.3 Å². The van der Waals surface area contributed by atoms with E-state index in [0.717, 1.165) is 35.5 Å². The highest BCUT2D eigenvalue weighted by atomic mass is 32.1. The minimum atomic E-state index is -0.304. The summed E-state index contributed by atoms with van der Waals surface area (Å²) < 4.78 is 4.73. The molecule has 122 valence electrons. The number of esters is 1. The van der Waals surface area contributed by atoms with Gasteiger partial charge >= 0.3 is 5.97 Å². The number of aryl methyl sites for hydroxylation is 1. The fourth-order valence-corrected chi connectivity index (χ4v) is 3.62. The van der Waals surface area contributed by atoms with E-state index in [1.165, 1.54) is 7.11 Å². The van der Waals surface area contributed by atoms with Crippen molar-refractivity contribution in [1.82, 2.24) is 10.2 Å². The first kappa shape index (κ1) is 15.7. The number of hydrogen-bond donors (Lipinski definition) is 0. The second-order valence-electron chi connectivity index (χ2n) is 5.63. The van der Waals surface area contributed by atoms with Crippen molar-refractivity contribution in [3.8, 4) is 0 Å². The molecule has 1 atom stereocenters. The van der Waals surface area contributed by atoms with Gasteiger partial charge in [0.1, 0.15) is 5.01 Å². The Kier molecular flexibility index (Phi) is 4.47. The Labute approximate surface area is 139 Å². The number of carbonyl (C=O) groups is 1. The molecular formula is C16H20N4O2S. The third-order valence-corrected chi connectivity index (χ3v) is 4.92. The number of methoxy groups -OCH3 is 1. The molecule has 2 aromatic rings. The monoisotopic (exact) mass is 332 g/mol.